The summed E-state index contributed by atoms with van der Waals surface area (Å²) in [5.41, 5.74) is 2.85. The van der Waals surface area contributed by atoms with Crippen LogP contribution in [0, 0.1) is 0 Å². The number of phenols is 2. The molecular weight excluding hydrogens is 572 g/mol. The molecule has 212 valence electrons. The molecule has 0 aliphatic rings. The smallest absolute Gasteiger partial charge is 0.196 e. The molecule has 0 fully saturated rings. The maximum Gasteiger partial charge on any atom is 0.196 e. The van der Waals surface area contributed by atoms with E-state index in [9.17, 15) is 9.59 Å². The Labute approximate surface area is 250 Å². The summed E-state index contributed by atoms with van der Waals surface area (Å²) in [6.07, 6.45) is 0. The van der Waals surface area contributed by atoms with Crippen molar-refractivity contribution in [3.05, 3.63) is 60.7 Å². The molecule has 0 atom stereocenters. The fourth-order valence-electron chi connectivity index (χ4n) is 4.86. The molecule has 0 radical (unpaired) electrons. The molecule has 2 rings (SSSR count). The quantitative estimate of drug-likeness (QED) is 0.241. The summed E-state index contributed by atoms with van der Waals surface area (Å²) in [4.78, 5) is 20.8. The second kappa shape index (κ2) is 20.2. The van der Waals surface area contributed by atoms with Crippen molar-refractivity contribution in [1.82, 2.24) is 0 Å². The second-order valence-electron chi connectivity index (χ2n) is 11.4. The Bertz CT molecular complexity index is 672. The van der Waals surface area contributed by atoms with Crippen LogP contribution in [0.25, 0.3) is 0 Å². The zero-order valence-corrected chi connectivity index (χ0v) is 30.0. The van der Waals surface area contributed by atoms with Crippen LogP contribution in [0.15, 0.2) is 60.7 Å². The molecule has 37 heavy (non-hydrogen) atoms. The summed E-state index contributed by atoms with van der Waals surface area (Å²) in [5.74, 6) is 0.644. The van der Waals surface area contributed by atoms with Crippen molar-refractivity contribution < 1.29 is 46.0 Å². The van der Waals surface area contributed by atoms with E-state index < -0.39 is 16.6 Å². The fraction of sp³-hybridized carbons (Fsp3) is 0.600. The first-order valence-electron chi connectivity index (χ1n) is 13.4. The van der Waals surface area contributed by atoms with Crippen molar-refractivity contribution in [2.45, 2.75) is 116 Å². The van der Waals surface area contributed by atoms with Gasteiger partial charge in [-0.15, -0.1) is 0 Å². The molecule has 0 aliphatic carbocycles. The third-order valence-corrected chi connectivity index (χ3v) is 18.2. The van der Waals surface area contributed by atoms with Gasteiger partial charge in [0.1, 0.15) is 11.5 Å². The fourth-order valence-corrected chi connectivity index (χ4v) is 12.9. The van der Waals surface area contributed by atoms with Crippen molar-refractivity contribution in [3.63, 3.8) is 0 Å². The molecule has 0 aliphatic heterocycles. The van der Waals surface area contributed by atoms with E-state index in [-0.39, 0.29) is 26.2 Å². The van der Waals surface area contributed by atoms with Crippen LogP contribution in [0.1, 0.15) is 83.1 Å². The summed E-state index contributed by atoms with van der Waals surface area (Å²) < 4.78 is 0. The molecular formula is C30H56O4Si2Zr. The number of hydrogen-bond donors (Lipinski definition) is 4. The Kier molecular flexibility index (Phi) is 22.3. The Morgan fingerprint density at radius 3 is 0.622 bits per heavy atom. The molecule has 0 bridgehead atoms. The summed E-state index contributed by atoms with van der Waals surface area (Å²) in [6, 6.07) is 17.4. The Morgan fingerprint density at radius 2 is 0.568 bits per heavy atom. The molecule has 2 aromatic carbocycles. The molecule has 0 spiro atoms. The molecule has 0 aromatic heterocycles. The second-order valence-corrected chi connectivity index (χ2v) is 21.9. The van der Waals surface area contributed by atoms with E-state index in [2.05, 4.69) is 83.1 Å². The first kappa shape index (κ1) is 40.8. The van der Waals surface area contributed by atoms with Gasteiger partial charge in [0.05, 0.1) is 0 Å². The average molecular weight is 628 g/mol. The molecule has 7 heteroatoms. The van der Waals surface area contributed by atoms with Gasteiger partial charge in [0.15, 0.2) is 16.6 Å². The van der Waals surface area contributed by atoms with E-state index in [1.807, 2.05) is 12.1 Å². The van der Waals surface area contributed by atoms with Crippen LogP contribution in [-0.4, -0.2) is 36.4 Å². The number of benzene rings is 2. The van der Waals surface area contributed by atoms with Crippen molar-refractivity contribution in [1.29, 1.82) is 0 Å². The molecule has 0 saturated heterocycles. The first-order valence-corrected chi connectivity index (χ1v) is 17.7. The minimum Gasteiger partial charge on any atom is -0.508 e. The topological polar surface area (TPSA) is 80.9 Å². The zero-order valence-electron chi connectivity index (χ0n) is 25.5. The summed E-state index contributed by atoms with van der Waals surface area (Å²) in [5, 5.41) is 17.3. The maximum atomic E-state index is 10.4. The minimum atomic E-state index is -1.98. The molecule has 0 amide bonds. The number of aromatic hydroxyl groups is 2. The first-order chi connectivity index (χ1) is 16.4. The van der Waals surface area contributed by atoms with Gasteiger partial charge in [0, 0.05) is 26.2 Å². The van der Waals surface area contributed by atoms with Gasteiger partial charge >= 0.3 is 0 Å². The number of rotatable bonds is 6. The van der Waals surface area contributed by atoms with E-state index in [1.165, 1.54) is 0 Å². The molecule has 0 heterocycles. The third-order valence-electron chi connectivity index (χ3n) is 7.06. The van der Waals surface area contributed by atoms with Crippen LogP contribution in [-0.2, 0) is 26.2 Å². The van der Waals surface area contributed by atoms with Crippen LogP contribution >= 0.6 is 0 Å². The van der Waals surface area contributed by atoms with Crippen molar-refractivity contribution in [3.8, 4) is 11.5 Å². The Hall–Kier alpha value is -0.723. The van der Waals surface area contributed by atoms with Gasteiger partial charge in [0.2, 0.25) is 0 Å². The van der Waals surface area contributed by atoms with Crippen LogP contribution in [0.5, 0.6) is 11.5 Å². The minimum absolute atomic E-state index is 0. The Balaban J connectivity index is -0.000000420. The van der Waals surface area contributed by atoms with E-state index in [0.717, 1.165) is 0 Å². The van der Waals surface area contributed by atoms with Gasteiger partial charge in [-0.3, -0.25) is 0 Å². The van der Waals surface area contributed by atoms with Gasteiger partial charge < -0.3 is 19.8 Å². The van der Waals surface area contributed by atoms with Gasteiger partial charge in [-0.2, -0.15) is 0 Å². The maximum absolute atomic E-state index is 10.4. The van der Waals surface area contributed by atoms with Gasteiger partial charge in [-0.1, -0.05) is 119 Å². The summed E-state index contributed by atoms with van der Waals surface area (Å²) in [7, 11) is -3.96. The SMILES string of the molecule is CC(C)[Si](O)(C(C)C)C(C)C.CC(C)[Si](O)(C(C)C)C(C)C.Oc1ccccc1.Oc1ccccc1.[Zr]. The molecule has 4 N–H and O–H groups in total. The predicted octanol–water partition coefficient (Wildman–Crippen LogP) is 9.09. The van der Waals surface area contributed by atoms with Crippen LogP contribution in [0.2, 0.25) is 33.2 Å². The third kappa shape index (κ3) is 14.9. The summed E-state index contributed by atoms with van der Waals surface area (Å²) in [6.45, 7) is 25.7. The molecule has 0 saturated carbocycles. The zero-order chi connectivity index (χ0) is 28.7. The van der Waals surface area contributed by atoms with Crippen LogP contribution < -0.4 is 0 Å². The largest absolute Gasteiger partial charge is 0.508 e. The Morgan fingerprint density at radius 1 is 0.405 bits per heavy atom. The standard InChI is InChI=1S/2C9H22OSi.2C6H6O.Zr/c2*1-7(2)11(10,8(3)4)9(5)6;2*7-6-4-2-1-3-5-6;/h2*7-10H,1-6H3;2*1-5,7H;. The monoisotopic (exact) mass is 626 g/mol. The van der Waals surface area contributed by atoms with E-state index in [1.54, 1.807) is 48.5 Å². The van der Waals surface area contributed by atoms with Crippen molar-refractivity contribution in [2.75, 3.05) is 0 Å². The average Bonchev–Trinajstić information content (AvgIpc) is 2.79. The normalized spacial score (nSPS) is 11.4. The van der Waals surface area contributed by atoms with E-state index in [4.69, 9.17) is 10.2 Å². The van der Waals surface area contributed by atoms with Gasteiger partial charge in [-0.05, 0) is 57.5 Å². The van der Waals surface area contributed by atoms with Crippen molar-refractivity contribution >= 4 is 16.6 Å². The number of phenolic OH excluding ortho intramolecular Hbond substituents is 2. The van der Waals surface area contributed by atoms with Crippen molar-refractivity contribution in [2.24, 2.45) is 0 Å². The molecule has 4 nitrogen and oxygen atoms in total. The van der Waals surface area contributed by atoms with E-state index >= 15 is 0 Å². The van der Waals surface area contributed by atoms with Crippen LogP contribution in [0.3, 0.4) is 0 Å². The van der Waals surface area contributed by atoms with Crippen LogP contribution in [0.4, 0.5) is 0 Å². The number of hydrogen-bond acceptors (Lipinski definition) is 4. The van der Waals surface area contributed by atoms with Gasteiger partial charge in [0.25, 0.3) is 0 Å². The summed E-state index contributed by atoms with van der Waals surface area (Å²) >= 11 is 0. The molecule has 2 aromatic rings. The van der Waals surface area contributed by atoms with Gasteiger partial charge in [-0.25, -0.2) is 0 Å². The molecule has 0 unspecified atom stereocenters. The predicted molar refractivity (Wildman–Crippen MR) is 163 cm³/mol. The van der Waals surface area contributed by atoms with E-state index in [0.29, 0.717) is 44.7 Å². The number of para-hydroxylation sites is 2.